The molecule has 23 heavy (non-hydrogen) atoms. The molecule has 1 aromatic heterocycles. The third-order valence-electron chi connectivity index (χ3n) is 3.58. The summed E-state index contributed by atoms with van der Waals surface area (Å²) in [5.74, 6) is 0.327. The maximum absolute atomic E-state index is 12.7. The van der Waals surface area contributed by atoms with Gasteiger partial charge in [0, 0.05) is 16.7 Å². The minimum absolute atomic E-state index is 0.139. The second-order valence-electron chi connectivity index (χ2n) is 5.53. The highest BCUT2D eigenvalue weighted by molar-refractivity contribution is 8.03. The Morgan fingerprint density at radius 2 is 1.78 bits per heavy atom. The molecule has 1 aliphatic heterocycles. The third kappa shape index (κ3) is 3.12. The molecule has 0 bridgehead atoms. The minimum Gasteiger partial charge on any atom is -0.271 e. The first-order valence-corrected chi connectivity index (χ1v) is 9.29. The van der Waals surface area contributed by atoms with Crippen molar-refractivity contribution in [2.45, 2.75) is 25.6 Å². The van der Waals surface area contributed by atoms with Crippen molar-refractivity contribution in [1.29, 1.82) is 0 Å². The van der Waals surface area contributed by atoms with E-state index in [1.54, 1.807) is 0 Å². The predicted octanol–water partition coefficient (Wildman–Crippen LogP) is 4.17. The Bertz CT molecular complexity index is 749. The zero-order chi connectivity index (χ0) is 16.4. The van der Waals surface area contributed by atoms with Crippen LogP contribution in [0.2, 0.25) is 0 Å². The van der Waals surface area contributed by atoms with Crippen LogP contribution in [0.5, 0.6) is 0 Å². The lowest BCUT2D eigenvalue weighted by atomic mass is 10.2. The van der Waals surface area contributed by atoms with Crippen molar-refractivity contribution in [3.63, 3.8) is 0 Å². The van der Waals surface area contributed by atoms with Gasteiger partial charge in [-0.05, 0) is 30.9 Å². The van der Waals surface area contributed by atoms with E-state index in [0.29, 0.717) is 16.2 Å². The van der Waals surface area contributed by atoms with E-state index in [1.165, 1.54) is 28.0 Å². The lowest BCUT2D eigenvalue weighted by Gasteiger charge is -2.19. The highest BCUT2D eigenvalue weighted by Crippen LogP contribution is 2.39. The van der Waals surface area contributed by atoms with Crippen molar-refractivity contribution < 1.29 is 9.59 Å². The van der Waals surface area contributed by atoms with Crippen LogP contribution in [-0.2, 0) is 15.3 Å². The Balaban J connectivity index is 1.94. The number of thiophene rings is 1. The molecule has 1 aromatic carbocycles. The number of benzene rings is 1. The number of nitrogens with zero attached hydrogens (tertiary/aromatic N) is 1. The number of rotatable bonds is 5. The molecule has 0 fully saturated rings. The number of hydrogen-bond donors (Lipinski definition) is 0. The van der Waals surface area contributed by atoms with Gasteiger partial charge in [-0.3, -0.25) is 14.5 Å². The molecular weight excluding hydrogens is 326 g/mol. The lowest BCUT2D eigenvalue weighted by Crippen LogP contribution is -2.37. The quantitative estimate of drug-likeness (QED) is 0.765. The number of hydrogen-bond acceptors (Lipinski definition) is 4. The van der Waals surface area contributed by atoms with Gasteiger partial charge < -0.3 is 0 Å². The summed E-state index contributed by atoms with van der Waals surface area (Å²) in [7, 11) is 0. The maximum Gasteiger partial charge on any atom is 0.268 e. The summed E-state index contributed by atoms with van der Waals surface area (Å²) < 4.78 is 0. The summed E-state index contributed by atoms with van der Waals surface area (Å²) in [6, 6.07) is 13.6. The minimum atomic E-state index is -0.178. The Morgan fingerprint density at radius 1 is 1.04 bits per heavy atom. The van der Waals surface area contributed by atoms with E-state index in [2.05, 4.69) is 0 Å². The van der Waals surface area contributed by atoms with Gasteiger partial charge in [0.25, 0.3) is 11.8 Å². The van der Waals surface area contributed by atoms with E-state index in [0.717, 1.165) is 10.4 Å². The summed E-state index contributed by atoms with van der Waals surface area (Å²) >= 11 is 2.94. The van der Waals surface area contributed by atoms with Gasteiger partial charge in [-0.15, -0.1) is 23.1 Å². The molecule has 3 rings (SSSR count). The number of amides is 2. The number of carbonyl (C=O) groups excluding carboxylic acids is 2. The molecule has 0 aliphatic carbocycles. The number of carbonyl (C=O) groups is 2. The SMILES string of the molecule is CC(C)N1C(=O)C(SCc2ccccc2)=C(c2cccs2)C1=O. The summed E-state index contributed by atoms with van der Waals surface area (Å²) in [5.41, 5.74) is 1.69. The van der Waals surface area contributed by atoms with Gasteiger partial charge in [-0.1, -0.05) is 36.4 Å². The second-order valence-corrected chi connectivity index (χ2v) is 7.46. The molecule has 118 valence electrons. The Labute approximate surface area is 144 Å². The molecule has 2 amide bonds. The van der Waals surface area contributed by atoms with Crippen LogP contribution in [-0.4, -0.2) is 22.8 Å². The fourth-order valence-electron chi connectivity index (χ4n) is 2.50. The lowest BCUT2D eigenvalue weighted by molar-refractivity contribution is -0.138. The topological polar surface area (TPSA) is 37.4 Å². The summed E-state index contributed by atoms with van der Waals surface area (Å²) in [6.45, 7) is 3.74. The van der Waals surface area contributed by atoms with Crippen LogP contribution in [0.4, 0.5) is 0 Å². The van der Waals surface area contributed by atoms with Gasteiger partial charge in [0.15, 0.2) is 0 Å². The van der Waals surface area contributed by atoms with E-state index in [1.807, 2.05) is 61.7 Å². The molecule has 1 aliphatic rings. The monoisotopic (exact) mass is 343 g/mol. The van der Waals surface area contributed by atoms with Crippen molar-refractivity contribution >= 4 is 40.5 Å². The molecule has 0 saturated carbocycles. The van der Waals surface area contributed by atoms with Gasteiger partial charge >= 0.3 is 0 Å². The van der Waals surface area contributed by atoms with Crippen molar-refractivity contribution in [3.05, 3.63) is 63.2 Å². The van der Waals surface area contributed by atoms with Gasteiger partial charge in [-0.2, -0.15) is 0 Å². The van der Waals surface area contributed by atoms with Gasteiger partial charge in [0.05, 0.1) is 10.5 Å². The van der Waals surface area contributed by atoms with E-state index >= 15 is 0 Å². The maximum atomic E-state index is 12.7. The zero-order valence-electron chi connectivity index (χ0n) is 13.0. The van der Waals surface area contributed by atoms with Crippen LogP contribution >= 0.6 is 23.1 Å². The molecule has 0 atom stereocenters. The average molecular weight is 343 g/mol. The second kappa shape index (κ2) is 6.72. The van der Waals surface area contributed by atoms with Crippen molar-refractivity contribution in [2.75, 3.05) is 0 Å². The normalized spacial score (nSPS) is 15.2. The molecule has 0 saturated heterocycles. The molecule has 0 spiro atoms. The smallest absolute Gasteiger partial charge is 0.268 e. The van der Waals surface area contributed by atoms with Crippen LogP contribution in [0.3, 0.4) is 0 Å². The summed E-state index contributed by atoms with van der Waals surface area (Å²) in [5, 5.41) is 1.93. The molecule has 0 unspecified atom stereocenters. The van der Waals surface area contributed by atoms with E-state index < -0.39 is 0 Å². The largest absolute Gasteiger partial charge is 0.271 e. The third-order valence-corrected chi connectivity index (χ3v) is 5.62. The van der Waals surface area contributed by atoms with Crippen molar-refractivity contribution in [3.8, 4) is 0 Å². The Morgan fingerprint density at radius 3 is 2.39 bits per heavy atom. The highest BCUT2D eigenvalue weighted by atomic mass is 32.2. The Hall–Kier alpha value is -1.85. The van der Waals surface area contributed by atoms with E-state index in [4.69, 9.17) is 0 Å². The Kier molecular flexibility index (Phi) is 4.68. The van der Waals surface area contributed by atoms with Crippen LogP contribution in [0.15, 0.2) is 52.7 Å². The van der Waals surface area contributed by atoms with Crippen LogP contribution in [0.25, 0.3) is 5.57 Å². The predicted molar refractivity (Wildman–Crippen MR) is 96.0 cm³/mol. The first-order chi connectivity index (χ1) is 11.1. The van der Waals surface area contributed by atoms with Crippen LogP contribution < -0.4 is 0 Å². The average Bonchev–Trinajstić information content (AvgIpc) is 3.12. The molecule has 0 N–H and O–H groups in total. The van der Waals surface area contributed by atoms with Gasteiger partial charge in [-0.25, -0.2) is 0 Å². The zero-order valence-corrected chi connectivity index (χ0v) is 14.6. The first-order valence-electron chi connectivity index (χ1n) is 7.42. The summed E-state index contributed by atoms with van der Waals surface area (Å²) in [6.07, 6.45) is 0. The first kappa shape index (κ1) is 16.0. The molecule has 3 nitrogen and oxygen atoms in total. The fraction of sp³-hybridized carbons (Fsp3) is 0.222. The van der Waals surface area contributed by atoms with E-state index in [-0.39, 0.29) is 17.9 Å². The van der Waals surface area contributed by atoms with Crippen molar-refractivity contribution in [2.24, 2.45) is 0 Å². The number of imide groups is 1. The molecule has 2 heterocycles. The fourth-order valence-corrected chi connectivity index (χ4v) is 4.40. The highest BCUT2D eigenvalue weighted by Gasteiger charge is 2.40. The van der Waals surface area contributed by atoms with Gasteiger partial charge in [0.1, 0.15) is 0 Å². The standard InChI is InChI=1S/C18H17NO2S2/c1-12(2)19-17(20)15(14-9-6-10-22-14)16(18(19)21)23-11-13-7-4-3-5-8-13/h3-10,12H,11H2,1-2H3. The molecule has 0 radical (unpaired) electrons. The molecule has 2 aromatic rings. The summed E-state index contributed by atoms with van der Waals surface area (Å²) in [4.78, 5) is 28.2. The van der Waals surface area contributed by atoms with Crippen LogP contribution in [0, 0.1) is 0 Å². The van der Waals surface area contributed by atoms with Gasteiger partial charge in [0.2, 0.25) is 0 Å². The molecule has 5 heteroatoms. The van der Waals surface area contributed by atoms with Crippen LogP contribution in [0.1, 0.15) is 24.3 Å². The van der Waals surface area contributed by atoms with Crippen molar-refractivity contribution in [1.82, 2.24) is 4.90 Å². The number of thioether (sulfide) groups is 1. The van der Waals surface area contributed by atoms with E-state index in [9.17, 15) is 9.59 Å². The molecular formula is C18H17NO2S2.